The molecule has 0 bridgehead atoms. The summed E-state index contributed by atoms with van der Waals surface area (Å²) in [6.45, 7) is 7.89. The molecule has 2 amide bonds. The zero-order valence-corrected chi connectivity index (χ0v) is 20.3. The van der Waals surface area contributed by atoms with Gasteiger partial charge in [-0.25, -0.2) is 4.79 Å². The number of carboxylic acid groups (broad SMARTS) is 1. The van der Waals surface area contributed by atoms with Crippen LogP contribution in [0, 0.1) is 0 Å². The van der Waals surface area contributed by atoms with Crippen molar-refractivity contribution in [2.45, 2.75) is 116 Å². The molecule has 1 saturated heterocycles. The Hall–Kier alpha value is -1.34. The molecular formula is C24H50N4O3. The Morgan fingerprint density at radius 2 is 1.35 bits per heavy atom. The van der Waals surface area contributed by atoms with Gasteiger partial charge in [0.15, 0.2) is 0 Å². The molecule has 0 aromatic heterocycles. The van der Waals surface area contributed by atoms with E-state index < -0.39 is 6.09 Å². The maximum atomic E-state index is 12.3. The van der Waals surface area contributed by atoms with Gasteiger partial charge in [-0.1, -0.05) is 96.8 Å². The number of hydrogen-bond acceptors (Lipinski definition) is 4. The normalized spacial score (nSPS) is 14.6. The molecule has 0 aliphatic carbocycles. The predicted octanol–water partition coefficient (Wildman–Crippen LogP) is 4.85. The second-order valence-electron chi connectivity index (χ2n) is 8.60. The summed E-state index contributed by atoms with van der Waals surface area (Å²) in [5, 5.41) is 13.6. The first-order chi connectivity index (χ1) is 15.0. The smallest absolute Gasteiger partial charge is 0.402 e. The van der Waals surface area contributed by atoms with Crippen molar-refractivity contribution in [3.8, 4) is 0 Å². The SMILES string of the molecule is CCCCCCCCCCCCCCCCC(C(=O)NCC)N1CCNC1.NC(=O)O. The number of rotatable bonds is 18. The Bertz CT molecular complexity index is 425. The highest BCUT2D eigenvalue weighted by molar-refractivity contribution is 5.81. The summed E-state index contributed by atoms with van der Waals surface area (Å²) in [5.41, 5.74) is 4.03. The average molecular weight is 443 g/mol. The Morgan fingerprint density at radius 3 is 1.74 bits per heavy atom. The zero-order chi connectivity index (χ0) is 23.2. The third kappa shape index (κ3) is 19.1. The highest BCUT2D eigenvalue weighted by Gasteiger charge is 2.26. The van der Waals surface area contributed by atoms with Crippen molar-refractivity contribution < 1.29 is 14.7 Å². The third-order valence-corrected chi connectivity index (χ3v) is 5.82. The molecule has 1 unspecified atom stereocenters. The first kappa shape index (κ1) is 29.7. The molecular weight excluding hydrogens is 392 g/mol. The first-order valence-corrected chi connectivity index (χ1v) is 12.7. The molecule has 0 saturated carbocycles. The van der Waals surface area contributed by atoms with Crippen LogP contribution in [0.3, 0.4) is 0 Å². The third-order valence-electron chi connectivity index (χ3n) is 5.82. The van der Waals surface area contributed by atoms with Crippen LogP contribution in [-0.2, 0) is 4.79 Å². The number of carbonyl (C=O) groups is 2. The van der Waals surface area contributed by atoms with Crippen molar-refractivity contribution in [3.63, 3.8) is 0 Å². The topological polar surface area (TPSA) is 108 Å². The molecule has 1 aliphatic rings. The van der Waals surface area contributed by atoms with Crippen LogP contribution in [0.1, 0.15) is 110 Å². The highest BCUT2D eigenvalue weighted by atomic mass is 16.4. The number of unbranched alkanes of at least 4 members (excludes halogenated alkanes) is 13. The molecule has 0 spiro atoms. The molecule has 7 heteroatoms. The van der Waals surface area contributed by atoms with Gasteiger partial charge in [-0.05, 0) is 13.3 Å². The van der Waals surface area contributed by atoms with Gasteiger partial charge in [0, 0.05) is 26.3 Å². The molecule has 1 rings (SSSR count). The molecule has 7 nitrogen and oxygen atoms in total. The van der Waals surface area contributed by atoms with Crippen molar-refractivity contribution in [3.05, 3.63) is 0 Å². The molecule has 1 heterocycles. The van der Waals surface area contributed by atoms with Gasteiger partial charge < -0.3 is 21.5 Å². The van der Waals surface area contributed by atoms with Gasteiger partial charge in [0.1, 0.15) is 0 Å². The molecule has 184 valence electrons. The van der Waals surface area contributed by atoms with Gasteiger partial charge >= 0.3 is 6.09 Å². The summed E-state index contributed by atoms with van der Waals surface area (Å²) in [7, 11) is 0. The van der Waals surface area contributed by atoms with Crippen molar-refractivity contribution in [2.75, 3.05) is 26.3 Å². The van der Waals surface area contributed by atoms with Crippen molar-refractivity contribution >= 4 is 12.0 Å². The number of amides is 2. The van der Waals surface area contributed by atoms with E-state index in [2.05, 4.69) is 28.2 Å². The van der Waals surface area contributed by atoms with Crippen LogP contribution in [0.4, 0.5) is 4.79 Å². The fourth-order valence-electron chi connectivity index (χ4n) is 4.09. The molecule has 1 fully saturated rings. The standard InChI is InChI=1S/C23H47N3O.CH3NO2/c1-3-5-6-7-8-9-10-11-12-13-14-15-16-17-18-22(23(27)25-4-2)26-20-19-24-21-26;2-1(3)4/h22,24H,3-21H2,1-2H3,(H,25,27);2H2,(H,3,4). The van der Waals surface area contributed by atoms with E-state index in [0.717, 1.165) is 32.7 Å². The van der Waals surface area contributed by atoms with Crippen molar-refractivity contribution in [1.29, 1.82) is 0 Å². The minimum Gasteiger partial charge on any atom is -0.465 e. The number of nitrogens with zero attached hydrogens (tertiary/aromatic N) is 1. The molecule has 0 aromatic carbocycles. The lowest BCUT2D eigenvalue weighted by Crippen LogP contribution is -2.46. The van der Waals surface area contributed by atoms with Crippen LogP contribution in [0.2, 0.25) is 0 Å². The number of nitrogens with one attached hydrogen (secondary N) is 2. The number of nitrogens with two attached hydrogens (primary N) is 1. The van der Waals surface area contributed by atoms with Crippen LogP contribution < -0.4 is 16.4 Å². The Labute approximate surface area is 190 Å². The van der Waals surface area contributed by atoms with Crippen molar-refractivity contribution in [1.82, 2.24) is 15.5 Å². The Balaban J connectivity index is 0.00000206. The summed E-state index contributed by atoms with van der Waals surface area (Å²) < 4.78 is 0. The zero-order valence-electron chi connectivity index (χ0n) is 20.3. The summed E-state index contributed by atoms with van der Waals surface area (Å²) in [4.78, 5) is 23.4. The summed E-state index contributed by atoms with van der Waals surface area (Å²) in [6, 6.07) is 0.0669. The maximum Gasteiger partial charge on any atom is 0.402 e. The van der Waals surface area contributed by atoms with E-state index in [1.54, 1.807) is 0 Å². The lowest BCUT2D eigenvalue weighted by Gasteiger charge is -2.25. The Morgan fingerprint density at radius 1 is 0.903 bits per heavy atom. The molecule has 5 N–H and O–H groups in total. The van der Waals surface area contributed by atoms with E-state index >= 15 is 0 Å². The quantitative estimate of drug-likeness (QED) is 0.227. The van der Waals surface area contributed by atoms with Crippen LogP contribution in [-0.4, -0.2) is 54.4 Å². The minimum atomic E-state index is -1.33. The number of carbonyl (C=O) groups excluding carboxylic acids is 1. The van der Waals surface area contributed by atoms with Crippen LogP contribution in [0.15, 0.2) is 0 Å². The molecule has 1 aliphatic heterocycles. The molecule has 31 heavy (non-hydrogen) atoms. The van der Waals surface area contributed by atoms with Gasteiger partial charge in [-0.15, -0.1) is 0 Å². The van der Waals surface area contributed by atoms with E-state index in [1.165, 1.54) is 89.9 Å². The van der Waals surface area contributed by atoms with E-state index in [1.807, 2.05) is 6.92 Å². The van der Waals surface area contributed by atoms with E-state index in [0.29, 0.717) is 0 Å². The van der Waals surface area contributed by atoms with Gasteiger partial charge in [0.2, 0.25) is 5.91 Å². The lowest BCUT2D eigenvalue weighted by molar-refractivity contribution is -0.126. The number of hydrogen-bond donors (Lipinski definition) is 4. The Kier molecular flexibility index (Phi) is 20.9. The van der Waals surface area contributed by atoms with Crippen LogP contribution in [0.5, 0.6) is 0 Å². The second kappa shape index (κ2) is 21.9. The minimum absolute atomic E-state index is 0.0669. The maximum absolute atomic E-state index is 12.3. The monoisotopic (exact) mass is 442 g/mol. The molecule has 0 radical (unpaired) electrons. The van der Waals surface area contributed by atoms with E-state index in [-0.39, 0.29) is 11.9 Å². The second-order valence-corrected chi connectivity index (χ2v) is 8.60. The highest BCUT2D eigenvalue weighted by Crippen LogP contribution is 2.15. The van der Waals surface area contributed by atoms with E-state index in [9.17, 15) is 4.79 Å². The van der Waals surface area contributed by atoms with Crippen LogP contribution in [0.25, 0.3) is 0 Å². The lowest BCUT2D eigenvalue weighted by atomic mass is 10.0. The van der Waals surface area contributed by atoms with Crippen molar-refractivity contribution in [2.24, 2.45) is 5.73 Å². The van der Waals surface area contributed by atoms with Gasteiger partial charge in [0.25, 0.3) is 0 Å². The number of likely N-dealkylation sites (N-methyl/N-ethyl adjacent to an activating group) is 1. The van der Waals surface area contributed by atoms with E-state index in [4.69, 9.17) is 9.90 Å². The summed E-state index contributed by atoms with van der Waals surface area (Å²) >= 11 is 0. The van der Waals surface area contributed by atoms with Gasteiger partial charge in [0.05, 0.1) is 6.04 Å². The first-order valence-electron chi connectivity index (χ1n) is 12.7. The van der Waals surface area contributed by atoms with Crippen LogP contribution >= 0.6 is 0 Å². The fourth-order valence-corrected chi connectivity index (χ4v) is 4.09. The van der Waals surface area contributed by atoms with Gasteiger partial charge in [-0.2, -0.15) is 0 Å². The average Bonchev–Trinajstić information content (AvgIpc) is 3.25. The van der Waals surface area contributed by atoms with Gasteiger partial charge in [-0.3, -0.25) is 9.69 Å². The predicted molar refractivity (Wildman–Crippen MR) is 129 cm³/mol. The largest absolute Gasteiger partial charge is 0.465 e. The molecule has 1 atom stereocenters. The number of primary amides is 1. The fraction of sp³-hybridized carbons (Fsp3) is 0.917. The molecule has 0 aromatic rings. The summed E-state index contributed by atoms with van der Waals surface area (Å²) in [5.74, 6) is 0.218. The summed E-state index contributed by atoms with van der Waals surface area (Å²) in [6.07, 6.45) is 19.0.